The number of nitrogens with one attached hydrogen (secondary N) is 2. The summed E-state index contributed by atoms with van der Waals surface area (Å²) >= 11 is 0. The van der Waals surface area contributed by atoms with E-state index >= 15 is 0 Å². The summed E-state index contributed by atoms with van der Waals surface area (Å²) in [6.45, 7) is 2.98. The zero-order valence-electron chi connectivity index (χ0n) is 15.1. The van der Waals surface area contributed by atoms with E-state index < -0.39 is 11.9 Å². The van der Waals surface area contributed by atoms with Gasteiger partial charge < -0.3 is 24.4 Å². The number of amides is 3. The second-order valence-electron chi connectivity index (χ2n) is 6.57. The van der Waals surface area contributed by atoms with Gasteiger partial charge in [-0.1, -0.05) is 0 Å². The normalized spacial score (nSPS) is 16.0. The largest absolute Gasteiger partial charge is 0.467 e. The zero-order valence-corrected chi connectivity index (χ0v) is 15.1. The Morgan fingerprint density at radius 3 is 2.48 bits per heavy atom. The van der Waals surface area contributed by atoms with Crippen LogP contribution < -0.4 is 10.6 Å². The van der Waals surface area contributed by atoms with E-state index in [0.717, 1.165) is 0 Å². The second-order valence-corrected chi connectivity index (χ2v) is 6.57. The van der Waals surface area contributed by atoms with Crippen LogP contribution in [-0.2, 0) is 16.1 Å². The predicted molar refractivity (Wildman–Crippen MR) is 95.5 cm³/mol. The molecule has 1 saturated heterocycles. The molecule has 2 aromatic heterocycles. The maximum Gasteiger partial charge on any atom is 0.287 e. The van der Waals surface area contributed by atoms with Gasteiger partial charge in [-0.15, -0.1) is 0 Å². The van der Waals surface area contributed by atoms with Gasteiger partial charge in [-0.3, -0.25) is 14.4 Å². The number of likely N-dealkylation sites (tertiary alicyclic amines) is 1. The number of hydrogen-bond donors (Lipinski definition) is 2. The summed E-state index contributed by atoms with van der Waals surface area (Å²) < 4.78 is 10.2. The third kappa shape index (κ3) is 4.78. The number of carbonyl (C=O) groups excluding carboxylic acids is 3. The summed E-state index contributed by atoms with van der Waals surface area (Å²) in [6.07, 6.45) is 4.16. The van der Waals surface area contributed by atoms with Crippen molar-refractivity contribution < 1.29 is 23.2 Å². The van der Waals surface area contributed by atoms with Gasteiger partial charge in [0.15, 0.2) is 5.76 Å². The molecule has 144 valence electrons. The lowest BCUT2D eigenvalue weighted by atomic mass is 9.95. The van der Waals surface area contributed by atoms with E-state index in [1.807, 2.05) is 0 Å². The van der Waals surface area contributed by atoms with Gasteiger partial charge in [-0.2, -0.15) is 0 Å². The van der Waals surface area contributed by atoms with Crippen molar-refractivity contribution in [2.24, 2.45) is 5.92 Å². The zero-order chi connectivity index (χ0) is 19.2. The summed E-state index contributed by atoms with van der Waals surface area (Å²) in [4.78, 5) is 38.4. The Morgan fingerprint density at radius 2 is 1.85 bits per heavy atom. The highest BCUT2D eigenvalue weighted by Gasteiger charge is 2.30. The second kappa shape index (κ2) is 8.57. The predicted octanol–water partition coefficient (Wildman–Crippen LogP) is 1.55. The minimum Gasteiger partial charge on any atom is -0.467 e. The summed E-state index contributed by atoms with van der Waals surface area (Å²) in [5, 5.41) is 5.50. The quantitative estimate of drug-likeness (QED) is 0.799. The van der Waals surface area contributed by atoms with Crippen LogP contribution in [0.3, 0.4) is 0 Å². The Balaban J connectivity index is 1.43. The van der Waals surface area contributed by atoms with Crippen molar-refractivity contribution in [1.29, 1.82) is 0 Å². The van der Waals surface area contributed by atoms with Crippen molar-refractivity contribution in [1.82, 2.24) is 15.5 Å². The maximum absolute atomic E-state index is 12.5. The monoisotopic (exact) mass is 373 g/mol. The summed E-state index contributed by atoms with van der Waals surface area (Å²) in [5.41, 5.74) is 0. The number of furan rings is 2. The van der Waals surface area contributed by atoms with E-state index in [9.17, 15) is 14.4 Å². The van der Waals surface area contributed by atoms with Crippen LogP contribution in [0.5, 0.6) is 0 Å². The van der Waals surface area contributed by atoms with Crippen LogP contribution in [0, 0.1) is 5.92 Å². The Hall–Kier alpha value is -3.03. The SMILES string of the molecule is CC(NC(=O)c1ccco1)C(=O)N1CCC(C(=O)NCc2ccco2)CC1. The Kier molecular flexibility index (Phi) is 5.95. The van der Waals surface area contributed by atoms with Crippen LogP contribution in [0.2, 0.25) is 0 Å². The summed E-state index contributed by atoms with van der Waals surface area (Å²) in [6, 6.07) is 6.08. The van der Waals surface area contributed by atoms with Gasteiger partial charge in [0.2, 0.25) is 11.8 Å². The number of nitrogens with zero attached hydrogens (tertiary/aromatic N) is 1. The fraction of sp³-hybridized carbons (Fsp3) is 0.421. The molecule has 3 amide bonds. The highest BCUT2D eigenvalue weighted by atomic mass is 16.3. The first-order valence-corrected chi connectivity index (χ1v) is 8.98. The average Bonchev–Trinajstić information content (AvgIpc) is 3.39. The third-order valence-electron chi connectivity index (χ3n) is 4.66. The van der Waals surface area contributed by atoms with Crippen LogP contribution in [0.25, 0.3) is 0 Å². The van der Waals surface area contributed by atoms with Gasteiger partial charge in [0, 0.05) is 19.0 Å². The van der Waals surface area contributed by atoms with Gasteiger partial charge in [0.05, 0.1) is 19.1 Å². The number of hydrogen-bond acceptors (Lipinski definition) is 5. The molecule has 8 heteroatoms. The molecule has 27 heavy (non-hydrogen) atoms. The van der Waals surface area contributed by atoms with E-state index in [2.05, 4.69) is 10.6 Å². The first kappa shape index (κ1) is 18.8. The Labute approximate surface area is 156 Å². The van der Waals surface area contributed by atoms with E-state index in [4.69, 9.17) is 8.83 Å². The highest BCUT2D eigenvalue weighted by Crippen LogP contribution is 2.18. The molecule has 0 radical (unpaired) electrons. The lowest BCUT2D eigenvalue weighted by Crippen LogP contribution is -2.50. The van der Waals surface area contributed by atoms with E-state index in [0.29, 0.717) is 38.2 Å². The molecule has 0 spiro atoms. The average molecular weight is 373 g/mol. The van der Waals surface area contributed by atoms with Crippen LogP contribution in [0.15, 0.2) is 45.6 Å². The molecular weight excluding hydrogens is 350 g/mol. The minimum atomic E-state index is -0.660. The molecule has 0 aliphatic carbocycles. The molecule has 0 aromatic carbocycles. The smallest absolute Gasteiger partial charge is 0.287 e. The molecule has 3 rings (SSSR count). The molecule has 1 atom stereocenters. The fourth-order valence-electron chi connectivity index (χ4n) is 3.10. The van der Waals surface area contributed by atoms with Crippen LogP contribution in [0.1, 0.15) is 36.1 Å². The molecule has 2 N–H and O–H groups in total. The van der Waals surface area contributed by atoms with Gasteiger partial charge in [-0.25, -0.2) is 0 Å². The van der Waals surface area contributed by atoms with E-state index in [1.165, 1.54) is 6.26 Å². The lowest BCUT2D eigenvalue weighted by molar-refractivity contribution is -0.136. The molecular formula is C19H23N3O5. The number of rotatable bonds is 6. The van der Waals surface area contributed by atoms with Gasteiger partial charge >= 0.3 is 0 Å². The topological polar surface area (TPSA) is 105 Å². The van der Waals surface area contributed by atoms with Crippen molar-refractivity contribution in [3.05, 3.63) is 48.3 Å². The first-order valence-electron chi connectivity index (χ1n) is 8.98. The summed E-state index contributed by atoms with van der Waals surface area (Å²) in [5.74, 6) is 0.130. The van der Waals surface area contributed by atoms with Crippen molar-refractivity contribution in [2.75, 3.05) is 13.1 Å². The lowest BCUT2D eigenvalue weighted by Gasteiger charge is -2.33. The number of piperidine rings is 1. The van der Waals surface area contributed by atoms with Crippen LogP contribution >= 0.6 is 0 Å². The van der Waals surface area contributed by atoms with Gasteiger partial charge in [0.1, 0.15) is 11.8 Å². The number of carbonyl (C=O) groups is 3. The third-order valence-corrected chi connectivity index (χ3v) is 4.66. The fourth-order valence-corrected chi connectivity index (χ4v) is 3.10. The van der Waals surface area contributed by atoms with Gasteiger partial charge in [-0.05, 0) is 44.0 Å². The minimum absolute atomic E-state index is 0.0299. The first-order chi connectivity index (χ1) is 13.0. The molecule has 0 bridgehead atoms. The van der Waals surface area contributed by atoms with E-state index in [-0.39, 0.29) is 23.5 Å². The van der Waals surface area contributed by atoms with Gasteiger partial charge in [0.25, 0.3) is 5.91 Å². The van der Waals surface area contributed by atoms with Crippen molar-refractivity contribution in [2.45, 2.75) is 32.4 Å². The molecule has 1 unspecified atom stereocenters. The molecule has 0 saturated carbocycles. The molecule has 1 fully saturated rings. The van der Waals surface area contributed by atoms with Crippen molar-refractivity contribution >= 4 is 17.7 Å². The molecule has 1 aliphatic rings. The molecule has 1 aliphatic heterocycles. The molecule has 3 heterocycles. The molecule has 8 nitrogen and oxygen atoms in total. The van der Waals surface area contributed by atoms with Crippen LogP contribution in [0.4, 0.5) is 0 Å². The Bertz CT molecular complexity index is 761. The standard InChI is InChI=1S/C19H23N3O5/c1-13(21-18(24)16-5-3-11-27-16)19(25)22-8-6-14(7-9-22)17(23)20-12-15-4-2-10-26-15/h2-5,10-11,13-14H,6-9,12H2,1H3,(H,20,23)(H,21,24). The Morgan fingerprint density at radius 1 is 1.15 bits per heavy atom. The van der Waals surface area contributed by atoms with Crippen LogP contribution in [-0.4, -0.2) is 41.8 Å². The van der Waals surface area contributed by atoms with E-state index in [1.54, 1.807) is 42.4 Å². The maximum atomic E-state index is 12.5. The highest BCUT2D eigenvalue weighted by molar-refractivity contribution is 5.95. The van der Waals surface area contributed by atoms with Crippen molar-refractivity contribution in [3.8, 4) is 0 Å². The summed E-state index contributed by atoms with van der Waals surface area (Å²) in [7, 11) is 0. The van der Waals surface area contributed by atoms with Crippen molar-refractivity contribution in [3.63, 3.8) is 0 Å². The molecule has 2 aromatic rings.